The van der Waals surface area contributed by atoms with Crippen molar-refractivity contribution in [2.75, 3.05) is 19.6 Å². The van der Waals surface area contributed by atoms with Crippen LogP contribution in [0.2, 0.25) is 0 Å². The second-order valence-electron chi connectivity index (χ2n) is 5.95. The SMILES string of the molecule is Cc1cccc([C@H](C)NC(=O)C2CCN(CC(N)=O)CC2)n1. The highest BCUT2D eigenvalue weighted by Crippen LogP contribution is 2.19. The first-order valence-corrected chi connectivity index (χ1v) is 7.70. The van der Waals surface area contributed by atoms with Crippen LogP contribution in [0.5, 0.6) is 0 Å². The summed E-state index contributed by atoms with van der Waals surface area (Å²) in [6.45, 7) is 5.63. The Labute approximate surface area is 131 Å². The van der Waals surface area contributed by atoms with E-state index in [0.29, 0.717) is 0 Å². The van der Waals surface area contributed by atoms with Crippen LogP contribution in [0, 0.1) is 12.8 Å². The monoisotopic (exact) mass is 304 g/mol. The van der Waals surface area contributed by atoms with Gasteiger partial charge in [0.2, 0.25) is 11.8 Å². The molecule has 1 fully saturated rings. The number of nitrogens with zero attached hydrogens (tertiary/aromatic N) is 2. The van der Waals surface area contributed by atoms with Gasteiger partial charge in [-0.3, -0.25) is 19.5 Å². The van der Waals surface area contributed by atoms with Gasteiger partial charge >= 0.3 is 0 Å². The van der Waals surface area contributed by atoms with Gasteiger partial charge in [-0.2, -0.15) is 0 Å². The number of rotatable bonds is 5. The second kappa shape index (κ2) is 7.35. The molecule has 3 N–H and O–H groups in total. The van der Waals surface area contributed by atoms with Crippen molar-refractivity contribution in [2.45, 2.75) is 32.7 Å². The van der Waals surface area contributed by atoms with Crippen LogP contribution < -0.4 is 11.1 Å². The maximum atomic E-state index is 12.3. The first kappa shape index (κ1) is 16.4. The third-order valence-electron chi connectivity index (χ3n) is 4.05. The van der Waals surface area contributed by atoms with E-state index in [4.69, 9.17) is 5.73 Å². The van der Waals surface area contributed by atoms with Crippen molar-refractivity contribution in [2.24, 2.45) is 11.7 Å². The highest BCUT2D eigenvalue weighted by Gasteiger charge is 2.26. The Bertz CT molecular complexity index is 539. The van der Waals surface area contributed by atoms with Gasteiger partial charge < -0.3 is 11.1 Å². The fourth-order valence-corrected chi connectivity index (χ4v) is 2.78. The number of pyridine rings is 1. The lowest BCUT2D eigenvalue weighted by Gasteiger charge is -2.30. The van der Waals surface area contributed by atoms with Crippen LogP contribution in [-0.2, 0) is 9.59 Å². The van der Waals surface area contributed by atoms with Crippen LogP contribution in [0.1, 0.15) is 37.2 Å². The van der Waals surface area contributed by atoms with E-state index in [1.807, 2.05) is 36.9 Å². The number of hydrogen-bond donors (Lipinski definition) is 2. The number of piperidine rings is 1. The molecular formula is C16H24N4O2. The van der Waals surface area contributed by atoms with Crippen LogP contribution >= 0.6 is 0 Å². The molecule has 0 aromatic carbocycles. The summed E-state index contributed by atoms with van der Waals surface area (Å²) < 4.78 is 0. The van der Waals surface area contributed by atoms with Crippen LogP contribution in [0.4, 0.5) is 0 Å². The van der Waals surface area contributed by atoms with E-state index in [1.54, 1.807) is 0 Å². The zero-order valence-corrected chi connectivity index (χ0v) is 13.2. The number of aromatic nitrogens is 1. The number of aryl methyl sites for hydroxylation is 1. The smallest absolute Gasteiger partial charge is 0.231 e. The first-order valence-electron chi connectivity index (χ1n) is 7.70. The number of hydrogen-bond acceptors (Lipinski definition) is 4. The Morgan fingerprint density at radius 1 is 1.41 bits per heavy atom. The van der Waals surface area contributed by atoms with Crippen molar-refractivity contribution >= 4 is 11.8 Å². The fraction of sp³-hybridized carbons (Fsp3) is 0.562. The molecule has 0 aliphatic carbocycles. The molecule has 2 amide bonds. The van der Waals surface area contributed by atoms with Crippen molar-refractivity contribution in [3.8, 4) is 0 Å². The molecule has 22 heavy (non-hydrogen) atoms. The Balaban J connectivity index is 1.84. The number of carbonyl (C=O) groups is 2. The molecule has 0 unspecified atom stereocenters. The lowest BCUT2D eigenvalue weighted by molar-refractivity contribution is -0.127. The predicted octanol–water partition coefficient (Wildman–Crippen LogP) is 0.765. The molecule has 1 aromatic heterocycles. The molecule has 1 aliphatic heterocycles. The highest BCUT2D eigenvalue weighted by atomic mass is 16.2. The minimum absolute atomic E-state index is 0.00335. The zero-order chi connectivity index (χ0) is 16.1. The lowest BCUT2D eigenvalue weighted by Crippen LogP contribution is -2.43. The molecule has 1 aromatic rings. The summed E-state index contributed by atoms with van der Waals surface area (Å²) in [5.74, 6) is -0.257. The standard InChI is InChI=1S/C16H24N4O2/c1-11-4-3-5-14(18-11)12(2)19-16(22)13-6-8-20(9-7-13)10-15(17)21/h3-5,12-13H,6-10H2,1-2H3,(H2,17,21)(H,19,22)/t12-/m0/s1. The predicted molar refractivity (Wildman–Crippen MR) is 83.9 cm³/mol. The molecule has 0 bridgehead atoms. The van der Waals surface area contributed by atoms with E-state index in [0.717, 1.165) is 37.3 Å². The Morgan fingerprint density at radius 3 is 2.68 bits per heavy atom. The third-order valence-corrected chi connectivity index (χ3v) is 4.05. The summed E-state index contributed by atoms with van der Waals surface area (Å²) in [5, 5.41) is 3.04. The number of nitrogens with two attached hydrogens (primary N) is 1. The summed E-state index contributed by atoms with van der Waals surface area (Å²) in [6, 6.07) is 5.71. The van der Waals surface area contributed by atoms with Gasteiger partial charge in [0, 0.05) is 11.6 Å². The maximum absolute atomic E-state index is 12.3. The number of amides is 2. The molecule has 6 nitrogen and oxygen atoms in total. The largest absolute Gasteiger partial charge is 0.369 e. The Kier molecular flexibility index (Phi) is 5.49. The topological polar surface area (TPSA) is 88.3 Å². The summed E-state index contributed by atoms with van der Waals surface area (Å²) in [6.07, 6.45) is 1.51. The van der Waals surface area contributed by atoms with Crippen LogP contribution in [-0.4, -0.2) is 41.3 Å². The molecule has 120 valence electrons. The summed E-state index contributed by atoms with van der Waals surface area (Å²) in [4.78, 5) is 29.7. The van der Waals surface area contributed by atoms with Gasteiger partial charge in [-0.15, -0.1) is 0 Å². The van der Waals surface area contributed by atoms with Crippen molar-refractivity contribution in [3.05, 3.63) is 29.6 Å². The van der Waals surface area contributed by atoms with Crippen molar-refractivity contribution in [3.63, 3.8) is 0 Å². The lowest BCUT2D eigenvalue weighted by atomic mass is 9.95. The molecule has 0 spiro atoms. The molecule has 2 heterocycles. The minimum Gasteiger partial charge on any atom is -0.369 e. The van der Waals surface area contributed by atoms with Gasteiger partial charge in [-0.05, 0) is 51.9 Å². The van der Waals surface area contributed by atoms with Gasteiger partial charge in [0.25, 0.3) is 0 Å². The van der Waals surface area contributed by atoms with Crippen molar-refractivity contribution < 1.29 is 9.59 Å². The number of primary amides is 1. The normalized spacial score (nSPS) is 17.9. The Hall–Kier alpha value is -1.95. The summed E-state index contributed by atoms with van der Waals surface area (Å²) >= 11 is 0. The number of likely N-dealkylation sites (tertiary alicyclic amines) is 1. The summed E-state index contributed by atoms with van der Waals surface area (Å²) in [7, 11) is 0. The molecule has 0 saturated carbocycles. The van der Waals surface area contributed by atoms with Gasteiger partial charge in [0.15, 0.2) is 0 Å². The van der Waals surface area contributed by atoms with Crippen molar-refractivity contribution in [1.82, 2.24) is 15.2 Å². The maximum Gasteiger partial charge on any atom is 0.231 e. The van der Waals surface area contributed by atoms with Crippen LogP contribution in [0.3, 0.4) is 0 Å². The van der Waals surface area contributed by atoms with Crippen LogP contribution in [0.15, 0.2) is 18.2 Å². The minimum atomic E-state index is -0.318. The quantitative estimate of drug-likeness (QED) is 0.841. The highest BCUT2D eigenvalue weighted by molar-refractivity contribution is 5.79. The molecule has 0 radical (unpaired) electrons. The second-order valence-corrected chi connectivity index (χ2v) is 5.95. The van der Waals surface area contributed by atoms with E-state index in [2.05, 4.69) is 10.3 Å². The van der Waals surface area contributed by atoms with E-state index in [9.17, 15) is 9.59 Å². The molecule has 1 saturated heterocycles. The van der Waals surface area contributed by atoms with E-state index in [1.165, 1.54) is 0 Å². The summed E-state index contributed by atoms with van der Waals surface area (Å²) in [5.41, 5.74) is 7.01. The fourth-order valence-electron chi connectivity index (χ4n) is 2.78. The van der Waals surface area contributed by atoms with E-state index >= 15 is 0 Å². The average molecular weight is 304 g/mol. The molecular weight excluding hydrogens is 280 g/mol. The zero-order valence-electron chi connectivity index (χ0n) is 13.2. The van der Waals surface area contributed by atoms with Gasteiger partial charge in [-0.25, -0.2) is 0 Å². The Morgan fingerprint density at radius 2 is 2.09 bits per heavy atom. The molecule has 2 rings (SSSR count). The van der Waals surface area contributed by atoms with Crippen LogP contribution in [0.25, 0.3) is 0 Å². The number of carbonyl (C=O) groups excluding carboxylic acids is 2. The molecule has 1 aliphatic rings. The molecule has 1 atom stereocenters. The third kappa shape index (κ3) is 4.53. The van der Waals surface area contributed by atoms with Gasteiger partial charge in [0.1, 0.15) is 0 Å². The van der Waals surface area contributed by atoms with E-state index in [-0.39, 0.29) is 30.3 Å². The molecule has 6 heteroatoms. The van der Waals surface area contributed by atoms with E-state index < -0.39 is 0 Å². The van der Waals surface area contributed by atoms with Gasteiger partial charge in [0.05, 0.1) is 18.3 Å². The average Bonchev–Trinajstić information content (AvgIpc) is 2.47. The number of nitrogens with one attached hydrogen (secondary N) is 1. The van der Waals surface area contributed by atoms with Crippen molar-refractivity contribution in [1.29, 1.82) is 0 Å². The first-order chi connectivity index (χ1) is 10.5. The van der Waals surface area contributed by atoms with Gasteiger partial charge in [-0.1, -0.05) is 6.07 Å².